The number of rotatable bonds is 4. The zero-order valence-electron chi connectivity index (χ0n) is 9.70. The first-order valence-electron chi connectivity index (χ1n) is 5.69. The Balaban J connectivity index is 1.92. The summed E-state index contributed by atoms with van der Waals surface area (Å²) in [5.41, 5.74) is 6.17. The fraction of sp³-hybridized carbons (Fsp3) is 0.333. The number of carbonyl (C=O) groups is 2. The number of carbonyl (C=O) groups excluding carboxylic acids is 2. The molecule has 96 valence electrons. The summed E-state index contributed by atoms with van der Waals surface area (Å²) in [6.45, 7) is -0.0694. The molecular weight excluding hydrogens is 254 g/mol. The van der Waals surface area contributed by atoms with Gasteiger partial charge in [-0.25, -0.2) is 0 Å². The summed E-state index contributed by atoms with van der Waals surface area (Å²) in [5.74, 6) is -0.638. The Morgan fingerprint density at radius 2 is 2.11 bits per heavy atom. The van der Waals surface area contributed by atoms with Crippen LogP contribution in [0.15, 0.2) is 18.2 Å². The molecule has 18 heavy (non-hydrogen) atoms. The van der Waals surface area contributed by atoms with Crippen molar-refractivity contribution in [2.45, 2.75) is 18.9 Å². The van der Waals surface area contributed by atoms with Gasteiger partial charge in [-0.15, -0.1) is 0 Å². The summed E-state index contributed by atoms with van der Waals surface area (Å²) in [4.78, 5) is 23.2. The van der Waals surface area contributed by atoms with Crippen molar-refractivity contribution in [3.05, 3.63) is 28.8 Å². The Morgan fingerprint density at radius 3 is 2.72 bits per heavy atom. The second-order valence-corrected chi connectivity index (χ2v) is 4.64. The van der Waals surface area contributed by atoms with Crippen LogP contribution in [0.4, 0.5) is 5.69 Å². The number of hydrogen-bond donors (Lipinski definition) is 3. The van der Waals surface area contributed by atoms with Crippen LogP contribution in [0.2, 0.25) is 5.02 Å². The largest absolute Gasteiger partial charge is 0.398 e. The lowest BCUT2D eigenvalue weighted by molar-refractivity contribution is -0.120. The monoisotopic (exact) mass is 267 g/mol. The quantitative estimate of drug-likeness (QED) is 0.710. The number of hydrogen-bond acceptors (Lipinski definition) is 3. The minimum absolute atomic E-state index is 0.0694. The van der Waals surface area contributed by atoms with Crippen molar-refractivity contribution in [1.82, 2.24) is 10.6 Å². The molecule has 0 unspecified atom stereocenters. The number of amides is 2. The lowest BCUT2D eigenvalue weighted by Crippen LogP contribution is -2.38. The van der Waals surface area contributed by atoms with Crippen molar-refractivity contribution in [3.8, 4) is 0 Å². The third-order valence-electron chi connectivity index (χ3n) is 2.62. The fourth-order valence-electron chi connectivity index (χ4n) is 1.54. The lowest BCUT2D eigenvalue weighted by atomic mass is 10.1. The molecule has 0 spiro atoms. The van der Waals surface area contributed by atoms with Crippen LogP contribution >= 0.6 is 11.6 Å². The molecular formula is C12H14ClN3O2. The van der Waals surface area contributed by atoms with Crippen LogP contribution in [0.3, 0.4) is 0 Å². The van der Waals surface area contributed by atoms with Crippen LogP contribution in [0, 0.1) is 0 Å². The van der Waals surface area contributed by atoms with E-state index in [1.54, 1.807) is 18.2 Å². The molecule has 1 saturated carbocycles. The highest BCUT2D eigenvalue weighted by Gasteiger charge is 2.23. The molecule has 0 saturated heterocycles. The van der Waals surface area contributed by atoms with E-state index in [0.29, 0.717) is 5.69 Å². The van der Waals surface area contributed by atoms with Crippen LogP contribution in [0.1, 0.15) is 23.2 Å². The molecule has 2 amide bonds. The minimum atomic E-state index is -0.441. The van der Waals surface area contributed by atoms with E-state index in [1.807, 2.05) is 0 Å². The van der Waals surface area contributed by atoms with E-state index in [4.69, 9.17) is 17.3 Å². The number of anilines is 1. The predicted octanol–water partition coefficient (Wildman–Crippen LogP) is 0.931. The maximum atomic E-state index is 11.8. The third kappa shape index (κ3) is 3.13. The van der Waals surface area contributed by atoms with Crippen LogP contribution in [0.25, 0.3) is 0 Å². The van der Waals surface area contributed by atoms with E-state index in [2.05, 4.69) is 10.6 Å². The molecule has 6 heteroatoms. The number of nitrogen functional groups attached to an aromatic ring is 1. The Kier molecular flexibility index (Phi) is 3.72. The van der Waals surface area contributed by atoms with Gasteiger partial charge in [0, 0.05) is 11.7 Å². The second kappa shape index (κ2) is 5.27. The zero-order chi connectivity index (χ0) is 13.1. The topological polar surface area (TPSA) is 84.2 Å². The Hall–Kier alpha value is -1.75. The highest BCUT2D eigenvalue weighted by Crippen LogP contribution is 2.21. The van der Waals surface area contributed by atoms with Gasteiger partial charge in [-0.05, 0) is 25.0 Å². The molecule has 0 radical (unpaired) electrons. The van der Waals surface area contributed by atoms with Crippen molar-refractivity contribution in [2.75, 3.05) is 12.3 Å². The van der Waals surface area contributed by atoms with E-state index in [9.17, 15) is 9.59 Å². The zero-order valence-corrected chi connectivity index (χ0v) is 10.5. The molecule has 1 aliphatic rings. The highest BCUT2D eigenvalue weighted by atomic mass is 35.5. The van der Waals surface area contributed by atoms with Gasteiger partial charge in [-0.3, -0.25) is 9.59 Å². The van der Waals surface area contributed by atoms with E-state index >= 15 is 0 Å². The number of halogens is 1. The van der Waals surface area contributed by atoms with Crippen molar-refractivity contribution in [1.29, 1.82) is 0 Å². The van der Waals surface area contributed by atoms with Crippen molar-refractivity contribution in [2.24, 2.45) is 0 Å². The molecule has 2 rings (SSSR count). The molecule has 0 aliphatic heterocycles. The molecule has 1 aromatic rings. The SMILES string of the molecule is Nc1cccc(Cl)c1C(=O)NCC(=O)NC1CC1. The first-order chi connectivity index (χ1) is 8.58. The van der Waals surface area contributed by atoms with Gasteiger partial charge in [0.1, 0.15) is 0 Å². The van der Waals surface area contributed by atoms with Gasteiger partial charge in [0.05, 0.1) is 17.1 Å². The Morgan fingerprint density at radius 1 is 1.39 bits per heavy atom. The smallest absolute Gasteiger partial charge is 0.255 e. The average molecular weight is 268 g/mol. The minimum Gasteiger partial charge on any atom is -0.398 e. The molecule has 0 heterocycles. The van der Waals surface area contributed by atoms with Crippen molar-refractivity contribution < 1.29 is 9.59 Å². The molecule has 4 N–H and O–H groups in total. The van der Waals surface area contributed by atoms with Crippen LogP contribution in [0.5, 0.6) is 0 Å². The first-order valence-corrected chi connectivity index (χ1v) is 6.07. The molecule has 1 aromatic carbocycles. The molecule has 1 aliphatic carbocycles. The maximum Gasteiger partial charge on any atom is 0.255 e. The van der Waals surface area contributed by atoms with Crippen molar-refractivity contribution in [3.63, 3.8) is 0 Å². The Bertz CT molecular complexity index is 466. The Labute approximate surface area is 110 Å². The normalized spacial score (nSPS) is 14.1. The van der Waals surface area contributed by atoms with Crippen LogP contribution in [-0.4, -0.2) is 24.4 Å². The van der Waals surface area contributed by atoms with Gasteiger partial charge in [-0.2, -0.15) is 0 Å². The van der Waals surface area contributed by atoms with Crippen LogP contribution < -0.4 is 16.4 Å². The van der Waals surface area contributed by atoms with Gasteiger partial charge < -0.3 is 16.4 Å². The summed E-state index contributed by atoms with van der Waals surface area (Å²) in [5, 5.41) is 5.54. The number of nitrogens with two attached hydrogens (primary N) is 1. The number of benzene rings is 1. The molecule has 1 fully saturated rings. The summed E-state index contributed by atoms with van der Waals surface area (Å²) in [6.07, 6.45) is 2.02. The van der Waals surface area contributed by atoms with Crippen molar-refractivity contribution >= 4 is 29.1 Å². The predicted molar refractivity (Wildman–Crippen MR) is 69.4 cm³/mol. The summed E-state index contributed by atoms with van der Waals surface area (Å²) in [6, 6.07) is 5.11. The van der Waals surface area contributed by atoms with E-state index in [-0.39, 0.29) is 29.1 Å². The third-order valence-corrected chi connectivity index (χ3v) is 2.94. The average Bonchev–Trinajstić information content (AvgIpc) is 3.10. The van der Waals surface area contributed by atoms with Gasteiger partial charge in [-0.1, -0.05) is 17.7 Å². The molecule has 0 bridgehead atoms. The highest BCUT2D eigenvalue weighted by molar-refractivity contribution is 6.34. The van der Waals surface area contributed by atoms with E-state index < -0.39 is 5.91 Å². The van der Waals surface area contributed by atoms with Gasteiger partial charge in [0.2, 0.25) is 5.91 Å². The number of nitrogens with one attached hydrogen (secondary N) is 2. The van der Waals surface area contributed by atoms with E-state index in [1.165, 1.54) is 0 Å². The summed E-state index contributed by atoms with van der Waals surface area (Å²) < 4.78 is 0. The summed E-state index contributed by atoms with van der Waals surface area (Å²) >= 11 is 5.89. The van der Waals surface area contributed by atoms with E-state index in [0.717, 1.165) is 12.8 Å². The lowest BCUT2D eigenvalue weighted by Gasteiger charge is -2.09. The maximum absolute atomic E-state index is 11.8. The van der Waals surface area contributed by atoms with Gasteiger partial charge in [0.25, 0.3) is 5.91 Å². The molecule has 0 atom stereocenters. The van der Waals surface area contributed by atoms with Gasteiger partial charge >= 0.3 is 0 Å². The second-order valence-electron chi connectivity index (χ2n) is 4.23. The standard InChI is InChI=1S/C12H14ClN3O2/c13-8-2-1-3-9(14)11(8)12(18)15-6-10(17)16-7-4-5-7/h1-3,7H,4-6,14H2,(H,15,18)(H,16,17). The summed E-state index contributed by atoms with van der Waals surface area (Å²) in [7, 11) is 0. The molecule has 5 nitrogen and oxygen atoms in total. The molecule has 0 aromatic heterocycles. The fourth-order valence-corrected chi connectivity index (χ4v) is 1.80. The van der Waals surface area contributed by atoms with Crippen LogP contribution in [-0.2, 0) is 4.79 Å². The van der Waals surface area contributed by atoms with Gasteiger partial charge in [0.15, 0.2) is 0 Å². The first kappa shape index (κ1) is 12.7.